The van der Waals surface area contributed by atoms with Gasteiger partial charge in [-0.05, 0) is 13.8 Å². The van der Waals surface area contributed by atoms with Gasteiger partial charge in [0.2, 0.25) is 5.91 Å². The van der Waals surface area contributed by atoms with Crippen molar-refractivity contribution in [3.8, 4) is 0 Å². The average molecular weight is 387 g/mol. The number of nitrogens with zero attached hydrogens (tertiary/aromatic N) is 5. The molecule has 2 aromatic heterocycles. The zero-order chi connectivity index (χ0) is 19.9. The molecule has 0 saturated carbocycles. The number of rotatable bonds is 7. The Hall–Kier alpha value is -3.01. The Morgan fingerprint density at radius 2 is 1.96 bits per heavy atom. The van der Waals surface area contributed by atoms with Crippen molar-refractivity contribution in [3.05, 3.63) is 40.3 Å². The quantitative estimate of drug-likeness (QED) is 0.623. The maximum absolute atomic E-state index is 12.1. The smallest absolute Gasteiger partial charge is 0.256 e. The fraction of sp³-hybridized carbons (Fsp3) is 0.500. The lowest BCUT2D eigenvalue weighted by molar-refractivity contribution is -0.121. The fourth-order valence-electron chi connectivity index (χ4n) is 2.80. The van der Waals surface area contributed by atoms with E-state index in [9.17, 15) is 9.59 Å². The van der Waals surface area contributed by atoms with Crippen LogP contribution in [0.25, 0.3) is 0 Å². The van der Waals surface area contributed by atoms with E-state index in [1.165, 1.54) is 17.2 Å². The summed E-state index contributed by atoms with van der Waals surface area (Å²) in [6.45, 7) is 7.32. The number of nitrogens with one attached hydrogen (secondary N) is 2. The van der Waals surface area contributed by atoms with Gasteiger partial charge in [0.25, 0.3) is 5.56 Å². The highest BCUT2D eigenvalue weighted by molar-refractivity contribution is 5.75. The maximum atomic E-state index is 12.1. The average Bonchev–Trinajstić information content (AvgIpc) is 2.72. The number of morpholine rings is 1. The second-order valence-electron chi connectivity index (χ2n) is 6.53. The van der Waals surface area contributed by atoms with Gasteiger partial charge in [0.05, 0.1) is 19.5 Å². The number of hydrogen-bond donors (Lipinski definition) is 2. The van der Waals surface area contributed by atoms with E-state index in [2.05, 4.69) is 30.5 Å². The van der Waals surface area contributed by atoms with Crippen molar-refractivity contribution in [2.75, 3.05) is 49.6 Å². The van der Waals surface area contributed by atoms with Gasteiger partial charge >= 0.3 is 0 Å². The van der Waals surface area contributed by atoms with Gasteiger partial charge in [0.15, 0.2) is 0 Å². The minimum atomic E-state index is -0.245. The Bertz CT molecular complexity index is 878. The van der Waals surface area contributed by atoms with Crippen molar-refractivity contribution in [1.82, 2.24) is 24.8 Å². The van der Waals surface area contributed by atoms with Crippen LogP contribution in [0.3, 0.4) is 0 Å². The number of amides is 1. The van der Waals surface area contributed by atoms with Crippen molar-refractivity contribution < 1.29 is 9.53 Å². The molecule has 150 valence electrons. The molecule has 0 radical (unpaired) electrons. The molecule has 1 amide bonds. The van der Waals surface area contributed by atoms with Crippen molar-refractivity contribution in [2.24, 2.45) is 0 Å². The summed E-state index contributed by atoms with van der Waals surface area (Å²) >= 11 is 0. The van der Waals surface area contributed by atoms with Gasteiger partial charge in [0, 0.05) is 43.5 Å². The van der Waals surface area contributed by atoms with Crippen LogP contribution in [0.15, 0.2) is 23.5 Å². The molecular formula is C18H25N7O3. The first-order valence-corrected chi connectivity index (χ1v) is 9.22. The number of hydrogen-bond acceptors (Lipinski definition) is 8. The Kier molecular flexibility index (Phi) is 6.53. The van der Waals surface area contributed by atoms with Crippen LogP contribution >= 0.6 is 0 Å². The van der Waals surface area contributed by atoms with E-state index in [1.54, 1.807) is 13.8 Å². The Morgan fingerprint density at radius 1 is 1.18 bits per heavy atom. The van der Waals surface area contributed by atoms with Crippen LogP contribution in [0, 0.1) is 13.8 Å². The topological polar surface area (TPSA) is 114 Å². The van der Waals surface area contributed by atoms with Crippen molar-refractivity contribution in [1.29, 1.82) is 0 Å². The number of ether oxygens (including phenoxy) is 1. The third-order valence-corrected chi connectivity index (χ3v) is 4.57. The predicted molar refractivity (Wildman–Crippen MR) is 105 cm³/mol. The van der Waals surface area contributed by atoms with Gasteiger partial charge in [-0.1, -0.05) is 0 Å². The third-order valence-electron chi connectivity index (χ3n) is 4.57. The number of aryl methyl sites for hydroxylation is 1. The van der Waals surface area contributed by atoms with Crippen LogP contribution in [0.5, 0.6) is 0 Å². The summed E-state index contributed by atoms with van der Waals surface area (Å²) in [6, 6.07) is 1.88. The molecule has 10 heteroatoms. The molecule has 2 aromatic rings. The molecule has 3 rings (SSSR count). The second kappa shape index (κ2) is 9.27. The summed E-state index contributed by atoms with van der Waals surface area (Å²) in [6.07, 6.45) is 2.92. The summed E-state index contributed by atoms with van der Waals surface area (Å²) in [7, 11) is 0. The van der Waals surface area contributed by atoms with Gasteiger partial charge in [-0.25, -0.2) is 15.0 Å². The van der Waals surface area contributed by atoms with Crippen LogP contribution in [-0.4, -0.2) is 64.8 Å². The minimum Gasteiger partial charge on any atom is -0.378 e. The summed E-state index contributed by atoms with van der Waals surface area (Å²) < 4.78 is 6.66. The molecule has 0 unspecified atom stereocenters. The SMILES string of the molecule is Cc1ncn(CC(=O)NCCNc2cc(N3CCOCC3)ncn2)c(=O)c1C. The number of aromatic nitrogens is 4. The lowest BCUT2D eigenvalue weighted by Crippen LogP contribution is -2.37. The van der Waals surface area contributed by atoms with Gasteiger partial charge in [-0.3, -0.25) is 14.2 Å². The molecule has 0 spiro atoms. The lowest BCUT2D eigenvalue weighted by Gasteiger charge is -2.27. The molecule has 1 saturated heterocycles. The molecule has 0 aromatic carbocycles. The van der Waals surface area contributed by atoms with Crippen LogP contribution in [0.2, 0.25) is 0 Å². The third kappa shape index (κ3) is 5.03. The van der Waals surface area contributed by atoms with Crippen LogP contribution in [-0.2, 0) is 16.1 Å². The lowest BCUT2D eigenvalue weighted by atomic mass is 10.3. The zero-order valence-corrected chi connectivity index (χ0v) is 16.1. The van der Waals surface area contributed by atoms with Gasteiger partial charge in [0.1, 0.15) is 24.5 Å². The van der Waals surface area contributed by atoms with Crippen LogP contribution < -0.4 is 21.1 Å². The molecule has 0 atom stereocenters. The van der Waals surface area contributed by atoms with Crippen molar-refractivity contribution in [3.63, 3.8) is 0 Å². The van der Waals surface area contributed by atoms with E-state index < -0.39 is 0 Å². The molecule has 3 heterocycles. The van der Waals surface area contributed by atoms with Crippen molar-refractivity contribution >= 4 is 17.5 Å². The number of anilines is 2. The highest BCUT2D eigenvalue weighted by atomic mass is 16.5. The first kappa shape index (κ1) is 19.7. The highest BCUT2D eigenvalue weighted by Gasteiger charge is 2.13. The number of carbonyl (C=O) groups is 1. The maximum Gasteiger partial charge on any atom is 0.256 e. The number of carbonyl (C=O) groups excluding carboxylic acids is 1. The van der Waals surface area contributed by atoms with Crippen LogP contribution in [0.1, 0.15) is 11.3 Å². The largest absolute Gasteiger partial charge is 0.378 e. The normalized spacial score (nSPS) is 14.0. The Labute approximate surface area is 163 Å². The first-order chi connectivity index (χ1) is 13.5. The second-order valence-corrected chi connectivity index (χ2v) is 6.53. The fourth-order valence-corrected chi connectivity index (χ4v) is 2.80. The van der Waals surface area contributed by atoms with Crippen molar-refractivity contribution in [2.45, 2.75) is 20.4 Å². The van der Waals surface area contributed by atoms with E-state index in [0.717, 1.165) is 18.9 Å². The van der Waals surface area contributed by atoms with E-state index in [0.29, 0.717) is 43.4 Å². The van der Waals surface area contributed by atoms with E-state index in [1.807, 2.05) is 6.07 Å². The molecule has 1 fully saturated rings. The highest BCUT2D eigenvalue weighted by Crippen LogP contribution is 2.15. The Balaban J connectivity index is 1.45. The van der Waals surface area contributed by atoms with Crippen LogP contribution in [0.4, 0.5) is 11.6 Å². The standard InChI is InChI=1S/C18H25N7O3/c1-13-14(2)23-12-25(18(13)27)10-17(26)20-4-3-19-15-9-16(22-11-21-15)24-5-7-28-8-6-24/h9,11-12H,3-8,10H2,1-2H3,(H,20,26)(H,19,21,22). The molecule has 1 aliphatic rings. The van der Waals surface area contributed by atoms with Gasteiger partial charge in [-0.15, -0.1) is 0 Å². The minimum absolute atomic E-state index is 0.0539. The van der Waals surface area contributed by atoms with Gasteiger partial charge in [-0.2, -0.15) is 0 Å². The molecule has 0 aliphatic carbocycles. The monoisotopic (exact) mass is 387 g/mol. The summed E-state index contributed by atoms with van der Waals surface area (Å²) in [5.41, 5.74) is 1.03. The summed E-state index contributed by atoms with van der Waals surface area (Å²) in [5, 5.41) is 5.95. The predicted octanol–water partition coefficient (Wildman–Crippen LogP) is -0.285. The molecule has 0 bridgehead atoms. The van der Waals surface area contributed by atoms with E-state index in [4.69, 9.17) is 4.74 Å². The molecule has 2 N–H and O–H groups in total. The van der Waals surface area contributed by atoms with E-state index in [-0.39, 0.29) is 18.0 Å². The molecule has 10 nitrogen and oxygen atoms in total. The molecule has 28 heavy (non-hydrogen) atoms. The first-order valence-electron chi connectivity index (χ1n) is 9.22. The Morgan fingerprint density at radius 3 is 2.75 bits per heavy atom. The summed E-state index contributed by atoms with van der Waals surface area (Å²) in [5.74, 6) is 1.30. The zero-order valence-electron chi connectivity index (χ0n) is 16.1. The molecular weight excluding hydrogens is 362 g/mol. The molecule has 1 aliphatic heterocycles. The van der Waals surface area contributed by atoms with Gasteiger partial charge < -0.3 is 20.3 Å². The van der Waals surface area contributed by atoms with E-state index >= 15 is 0 Å². The summed E-state index contributed by atoms with van der Waals surface area (Å²) in [4.78, 5) is 38.9.